The Labute approximate surface area is 47.2 Å². The van der Waals surface area contributed by atoms with Crippen LogP contribution in [0.5, 0.6) is 0 Å². The summed E-state index contributed by atoms with van der Waals surface area (Å²) in [5, 5.41) is 0. The van der Waals surface area contributed by atoms with E-state index in [1.807, 2.05) is 0 Å². The molecule has 0 bridgehead atoms. The van der Waals surface area contributed by atoms with Crippen molar-refractivity contribution >= 4 is 5.82 Å². The summed E-state index contributed by atoms with van der Waals surface area (Å²) >= 11 is 0. The highest BCUT2D eigenvalue weighted by molar-refractivity contribution is 5.23. The van der Waals surface area contributed by atoms with Crippen LogP contribution < -0.4 is 5.73 Å². The number of aromatic amines is 1. The zero-order valence-corrected chi connectivity index (χ0v) is 3.52. The third-order valence-electron chi connectivity index (χ3n) is 0.541. The van der Waals surface area contributed by atoms with Crippen molar-refractivity contribution in [3.8, 4) is 0 Å². The Bertz CT molecular complexity index is 243. The van der Waals surface area contributed by atoms with E-state index in [4.69, 9.17) is 11.2 Å². The molecule has 1 aromatic heterocycles. The normalized spacial score (nSPS) is 19.4. The molecule has 3 N–H and O–H groups in total. The van der Waals surface area contributed by atoms with Gasteiger partial charge in [0.25, 0.3) is 0 Å². The zero-order valence-electron chi connectivity index (χ0n) is 7.52. The van der Waals surface area contributed by atoms with Gasteiger partial charge in [0.15, 0.2) is 0 Å². The monoisotopic (exact) mass is 101 g/mol. The van der Waals surface area contributed by atoms with Crippen LogP contribution in [0.2, 0.25) is 0 Å². The number of imidazole rings is 1. The summed E-state index contributed by atoms with van der Waals surface area (Å²) in [5.41, 5.74) is 5.18. The number of nitrogen functional groups attached to an aromatic ring is 1. The van der Waals surface area contributed by atoms with Crippen LogP contribution in [0.15, 0.2) is 6.17 Å². The summed E-state index contributed by atoms with van der Waals surface area (Å²) < 4.78 is 27.7. The fraction of sp³-hybridized carbons (Fsp3) is 0.250. The molecule has 0 atom stereocenters. The van der Waals surface area contributed by atoms with E-state index in [9.17, 15) is 0 Å². The lowest BCUT2D eigenvalue weighted by molar-refractivity contribution is 1.15. The molecule has 1 heterocycles. The number of hydrogen-bond acceptors (Lipinski definition) is 2. The first-order chi connectivity index (χ1) is 4.91. The molecule has 0 fully saturated rings. The molecule has 0 aliphatic heterocycles. The quantitative estimate of drug-likeness (QED) is 0.494. The lowest BCUT2D eigenvalue weighted by Crippen LogP contribution is -1.81. The Balaban J connectivity index is 3.08. The summed E-state index contributed by atoms with van der Waals surface area (Å²) in [6.07, 6.45) is -0.226. The van der Waals surface area contributed by atoms with Crippen LogP contribution in [0.25, 0.3) is 0 Å². The van der Waals surface area contributed by atoms with Gasteiger partial charge in [0.05, 0.1) is 7.54 Å². The van der Waals surface area contributed by atoms with Crippen LogP contribution in [-0.4, -0.2) is 9.97 Å². The molecule has 0 aliphatic carbocycles. The lowest BCUT2D eigenvalue weighted by atomic mass is 10.8. The second-order valence-electron chi connectivity index (χ2n) is 1.11. The summed E-state index contributed by atoms with van der Waals surface area (Å²) in [5.74, 6) is -0.254. The van der Waals surface area contributed by atoms with E-state index in [1.54, 1.807) is 0 Å². The van der Waals surface area contributed by atoms with Gasteiger partial charge in [-0.05, 0) is 6.85 Å². The predicted octanol–water partition coefficient (Wildman–Crippen LogP) is 0.300. The highest BCUT2D eigenvalue weighted by Gasteiger charge is 1.84. The van der Waals surface area contributed by atoms with Crippen LogP contribution in [0.3, 0.4) is 0 Å². The number of rotatable bonds is 0. The molecule has 1 rings (SSSR count). The standard InChI is InChI=1S/C4H7N3/c1-3-6-2-4(5)7-3/h2H,5H2,1H3,(H,6,7)/i1D3,2D. The van der Waals surface area contributed by atoms with Crippen molar-refractivity contribution in [2.24, 2.45) is 0 Å². The van der Waals surface area contributed by atoms with Crippen LogP contribution in [-0.2, 0) is 0 Å². The van der Waals surface area contributed by atoms with Gasteiger partial charge in [-0.2, -0.15) is 0 Å². The van der Waals surface area contributed by atoms with E-state index < -0.39 is 6.85 Å². The topological polar surface area (TPSA) is 54.7 Å². The van der Waals surface area contributed by atoms with Crippen LogP contribution in [0.1, 0.15) is 11.3 Å². The van der Waals surface area contributed by atoms with Gasteiger partial charge in [-0.3, -0.25) is 0 Å². The molecule has 0 aliphatic rings. The number of nitrogens with two attached hydrogens (primary N) is 1. The van der Waals surface area contributed by atoms with E-state index in [0.29, 0.717) is 0 Å². The summed E-state index contributed by atoms with van der Waals surface area (Å²) in [7, 11) is 0. The molecule has 0 saturated heterocycles. The van der Waals surface area contributed by atoms with Crippen molar-refractivity contribution in [2.75, 3.05) is 5.73 Å². The van der Waals surface area contributed by atoms with E-state index in [0.717, 1.165) is 0 Å². The molecular weight excluding hydrogens is 90.1 g/mol. The lowest BCUT2D eigenvalue weighted by Gasteiger charge is -1.75. The number of nitrogens with one attached hydrogen (secondary N) is 1. The molecule has 0 amide bonds. The first-order valence-electron chi connectivity index (χ1n) is 3.74. The highest BCUT2D eigenvalue weighted by atomic mass is 15.0. The number of anilines is 1. The van der Waals surface area contributed by atoms with Crippen LogP contribution >= 0.6 is 0 Å². The Morgan fingerprint density at radius 2 is 3.14 bits per heavy atom. The number of aromatic nitrogens is 2. The molecular formula is C4H7N3. The van der Waals surface area contributed by atoms with E-state index in [-0.39, 0.29) is 17.8 Å². The molecule has 0 saturated carbocycles. The van der Waals surface area contributed by atoms with Gasteiger partial charge < -0.3 is 10.7 Å². The predicted molar refractivity (Wildman–Crippen MR) is 27.7 cm³/mol. The van der Waals surface area contributed by atoms with Crippen molar-refractivity contribution in [3.63, 3.8) is 0 Å². The summed E-state index contributed by atoms with van der Waals surface area (Å²) in [6.45, 7) is -2.31. The molecule has 1 aromatic rings. The molecule has 3 heteroatoms. The largest absolute Gasteiger partial charge is 0.384 e. The fourth-order valence-corrected chi connectivity index (χ4v) is 0.300. The molecule has 0 unspecified atom stereocenters. The highest BCUT2D eigenvalue weighted by Crippen LogP contribution is 1.92. The number of nitrogens with zero attached hydrogens (tertiary/aromatic N) is 1. The smallest absolute Gasteiger partial charge is 0.120 e. The van der Waals surface area contributed by atoms with Crippen molar-refractivity contribution < 1.29 is 5.48 Å². The summed E-state index contributed by atoms with van der Waals surface area (Å²) in [6, 6.07) is 0. The van der Waals surface area contributed by atoms with Gasteiger partial charge in [0.1, 0.15) is 11.6 Å². The van der Waals surface area contributed by atoms with E-state index in [2.05, 4.69) is 9.97 Å². The molecule has 7 heavy (non-hydrogen) atoms. The first kappa shape index (κ1) is 1.51. The van der Waals surface area contributed by atoms with Gasteiger partial charge in [0, 0.05) is 4.11 Å². The van der Waals surface area contributed by atoms with Crippen molar-refractivity contribution in [1.29, 1.82) is 0 Å². The number of hydrogen-bond donors (Lipinski definition) is 2. The maximum atomic E-state index is 7.00. The molecule has 0 radical (unpaired) electrons. The van der Waals surface area contributed by atoms with Crippen LogP contribution in [0, 0.1) is 6.85 Å². The minimum absolute atomic E-state index is 0.0175. The van der Waals surface area contributed by atoms with Crippen molar-refractivity contribution in [1.82, 2.24) is 9.97 Å². The van der Waals surface area contributed by atoms with Gasteiger partial charge >= 0.3 is 0 Å². The molecule has 38 valence electrons. The molecule has 0 aromatic carbocycles. The minimum Gasteiger partial charge on any atom is -0.384 e. The average molecular weight is 101 g/mol. The first-order valence-corrected chi connectivity index (χ1v) is 1.74. The zero-order chi connectivity index (χ0) is 8.65. The Morgan fingerprint density at radius 1 is 2.29 bits per heavy atom. The van der Waals surface area contributed by atoms with Crippen molar-refractivity contribution in [3.05, 3.63) is 12.0 Å². The second-order valence-corrected chi connectivity index (χ2v) is 1.11. The van der Waals surface area contributed by atoms with E-state index in [1.165, 1.54) is 0 Å². The Hall–Kier alpha value is -0.990. The van der Waals surface area contributed by atoms with Crippen LogP contribution in [0.4, 0.5) is 5.82 Å². The SMILES string of the molecule is [2H]c1nc(C([2H])([2H])[2H])[nH]c1N. The number of H-pyrrole nitrogens is 1. The minimum atomic E-state index is -2.31. The molecule has 3 nitrogen and oxygen atoms in total. The van der Waals surface area contributed by atoms with Gasteiger partial charge in [-0.25, -0.2) is 4.98 Å². The maximum Gasteiger partial charge on any atom is 0.120 e. The molecule has 0 spiro atoms. The maximum absolute atomic E-state index is 7.00. The van der Waals surface area contributed by atoms with Gasteiger partial charge in [-0.15, -0.1) is 0 Å². The van der Waals surface area contributed by atoms with Gasteiger partial charge in [0.2, 0.25) is 0 Å². The Kier molecular flexibility index (Phi) is 0.270. The Morgan fingerprint density at radius 3 is 3.43 bits per heavy atom. The summed E-state index contributed by atoms with van der Waals surface area (Å²) in [4.78, 5) is 5.71. The second kappa shape index (κ2) is 1.26. The fourth-order valence-electron chi connectivity index (χ4n) is 0.300. The van der Waals surface area contributed by atoms with E-state index >= 15 is 0 Å². The average Bonchev–Trinajstić information content (AvgIpc) is 2.11. The third kappa shape index (κ3) is 0.707. The number of aryl methyl sites for hydroxylation is 1. The third-order valence-corrected chi connectivity index (χ3v) is 0.541. The van der Waals surface area contributed by atoms with Crippen molar-refractivity contribution in [2.45, 2.75) is 6.85 Å². The van der Waals surface area contributed by atoms with Gasteiger partial charge in [-0.1, -0.05) is 0 Å².